The molecule has 2 heterocycles. The van der Waals surface area contributed by atoms with Crippen molar-refractivity contribution in [1.82, 2.24) is 9.47 Å². The molecule has 0 saturated heterocycles. The predicted molar refractivity (Wildman–Crippen MR) is 77.6 cm³/mol. The van der Waals surface area contributed by atoms with Crippen molar-refractivity contribution in [3.05, 3.63) is 59.2 Å². The minimum Gasteiger partial charge on any atom is -0.269 e. The lowest BCUT2D eigenvalue weighted by atomic mass is 9.94. The summed E-state index contributed by atoms with van der Waals surface area (Å²) in [5, 5.41) is 0.147. The quantitative estimate of drug-likeness (QED) is 0.679. The van der Waals surface area contributed by atoms with Crippen LogP contribution in [0.5, 0.6) is 0 Å². The van der Waals surface area contributed by atoms with E-state index in [2.05, 4.69) is 0 Å². The molecule has 0 bridgehead atoms. The van der Waals surface area contributed by atoms with Crippen LogP contribution >= 0.6 is 12.2 Å². The van der Waals surface area contributed by atoms with Crippen LogP contribution in [0.25, 0.3) is 0 Å². The van der Waals surface area contributed by atoms with Crippen molar-refractivity contribution in [3.63, 3.8) is 0 Å². The van der Waals surface area contributed by atoms with Gasteiger partial charge in [-0.15, -0.1) is 0 Å². The number of pyridine rings is 1. The van der Waals surface area contributed by atoms with Crippen LogP contribution in [0.1, 0.15) is 13.8 Å². The minimum atomic E-state index is -0.263. The Labute approximate surface area is 116 Å². The number of nitrogens with zero attached hydrogens (tertiary/aromatic N) is 2. The molecular weight excluding hydrogens is 260 g/mol. The smallest absolute Gasteiger partial charge is 0.256 e. The van der Waals surface area contributed by atoms with E-state index in [1.54, 1.807) is 24.5 Å². The van der Waals surface area contributed by atoms with E-state index in [0.29, 0.717) is 0 Å². The molecule has 2 rings (SSSR count). The number of carbonyl (C=O) groups is 1. The third-order valence-corrected chi connectivity index (χ3v) is 3.17. The summed E-state index contributed by atoms with van der Waals surface area (Å²) in [5.74, 6) is -0.262. The molecule has 0 unspecified atom stereocenters. The highest BCUT2D eigenvalue weighted by molar-refractivity contribution is 7.80. The van der Waals surface area contributed by atoms with E-state index in [9.17, 15) is 9.59 Å². The Bertz CT molecular complexity index is 641. The van der Waals surface area contributed by atoms with Crippen molar-refractivity contribution in [2.75, 3.05) is 0 Å². The third kappa shape index (κ3) is 2.88. The van der Waals surface area contributed by atoms with E-state index >= 15 is 0 Å². The van der Waals surface area contributed by atoms with Crippen LogP contribution in [0.15, 0.2) is 53.6 Å². The van der Waals surface area contributed by atoms with Gasteiger partial charge in [-0.05, 0) is 18.3 Å². The standard InChI is InChI=1S/C14H14N2O2S/c1-14(2)7-6-12(18)16(10-8-14)13(19)15-9-4-3-5-11(15)17/h3-10H,1-2H3. The zero-order chi connectivity index (χ0) is 14.0. The first-order valence-electron chi connectivity index (χ1n) is 5.84. The second kappa shape index (κ2) is 4.93. The van der Waals surface area contributed by atoms with Crippen LogP contribution in [0.2, 0.25) is 0 Å². The summed E-state index contributed by atoms with van der Waals surface area (Å²) in [4.78, 5) is 25.0. The average molecular weight is 274 g/mol. The molecule has 5 heteroatoms. The van der Waals surface area contributed by atoms with Gasteiger partial charge in [-0.3, -0.25) is 19.1 Å². The normalized spacial score (nSPS) is 17.4. The summed E-state index contributed by atoms with van der Waals surface area (Å²) in [6.45, 7) is 3.96. The molecule has 0 radical (unpaired) electrons. The zero-order valence-electron chi connectivity index (χ0n) is 10.7. The topological polar surface area (TPSA) is 42.3 Å². The van der Waals surface area contributed by atoms with E-state index in [4.69, 9.17) is 12.2 Å². The lowest BCUT2D eigenvalue weighted by molar-refractivity contribution is -0.120. The number of allylic oxidation sites excluding steroid dienone is 2. The zero-order valence-corrected chi connectivity index (χ0v) is 11.6. The maximum absolute atomic E-state index is 12.0. The fraction of sp³-hybridized carbons (Fsp3) is 0.214. The van der Waals surface area contributed by atoms with E-state index in [-0.39, 0.29) is 22.0 Å². The number of rotatable bonds is 0. The van der Waals surface area contributed by atoms with Gasteiger partial charge >= 0.3 is 0 Å². The van der Waals surface area contributed by atoms with Gasteiger partial charge in [-0.25, -0.2) is 0 Å². The first kappa shape index (κ1) is 13.4. The molecule has 98 valence electrons. The van der Waals surface area contributed by atoms with Crippen molar-refractivity contribution >= 4 is 23.2 Å². The van der Waals surface area contributed by atoms with Crippen molar-refractivity contribution in [2.45, 2.75) is 13.8 Å². The predicted octanol–water partition coefficient (Wildman–Crippen LogP) is 1.92. The molecule has 1 aliphatic rings. The van der Waals surface area contributed by atoms with Gasteiger partial charge in [0.2, 0.25) is 0 Å². The summed E-state index contributed by atoms with van der Waals surface area (Å²) in [5.41, 5.74) is -0.483. The molecule has 0 aliphatic carbocycles. The van der Waals surface area contributed by atoms with Crippen LogP contribution in [0.3, 0.4) is 0 Å². The Morgan fingerprint density at radius 3 is 2.63 bits per heavy atom. The van der Waals surface area contributed by atoms with Gasteiger partial charge < -0.3 is 0 Å². The molecule has 0 saturated carbocycles. The highest BCUT2D eigenvalue weighted by Crippen LogP contribution is 2.22. The van der Waals surface area contributed by atoms with E-state index in [1.165, 1.54) is 21.6 Å². The summed E-state index contributed by atoms with van der Waals surface area (Å²) in [6.07, 6.45) is 8.31. The summed E-state index contributed by atoms with van der Waals surface area (Å²) < 4.78 is 1.27. The van der Waals surface area contributed by atoms with Crippen LogP contribution in [-0.4, -0.2) is 20.5 Å². The molecule has 0 N–H and O–H groups in total. The van der Waals surface area contributed by atoms with Crippen molar-refractivity contribution < 1.29 is 4.79 Å². The maximum atomic E-state index is 12.0. The van der Waals surface area contributed by atoms with Crippen LogP contribution in [0, 0.1) is 5.41 Å². The second-order valence-electron chi connectivity index (χ2n) is 4.87. The van der Waals surface area contributed by atoms with Crippen molar-refractivity contribution in [3.8, 4) is 0 Å². The number of hydrogen-bond donors (Lipinski definition) is 0. The fourth-order valence-corrected chi connectivity index (χ4v) is 1.92. The number of thiocarbonyl (C=S) groups is 1. The van der Waals surface area contributed by atoms with Gasteiger partial charge in [0.25, 0.3) is 11.5 Å². The van der Waals surface area contributed by atoms with E-state index in [0.717, 1.165) is 0 Å². The van der Waals surface area contributed by atoms with Crippen molar-refractivity contribution in [1.29, 1.82) is 0 Å². The maximum Gasteiger partial charge on any atom is 0.256 e. The molecular formula is C14H14N2O2S. The van der Waals surface area contributed by atoms with Crippen LogP contribution < -0.4 is 5.56 Å². The minimum absolute atomic E-state index is 0.147. The fourth-order valence-electron chi connectivity index (χ4n) is 1.62. The number of hydrogen-bond acceptors (Lipinski definition) is 3. The first-order valence-corrected chi connectivity index (χ1v) is 6.25. The SMILES string of the molecule is CC1(C)C=CC(=O)N(C(=S)n2ccccc2=O)C=C1. The van der Waals surface area contributed by atoms with Crippen LogP contribution in [0.4, 0.5) is 0 Å². The third-order valence-electron chi connectivity index (χ3n) is 2.78. The van der Waals surface area contributed by atoms with Gasteiger partial charge in [0, 0.05) is 30.0 Å². The summed E-state index contributed by atoms with van der Waals surface area (Å²) in [6, 6.07) is 4.72. The second-order valence-corrected chi connectivity index (χ2v) is 5.24. The largest absolute Gasteiger partial charge is 0.269 e. The molecule has 4 nitrogen and oxygen atoms in total. The molecule has 1 aromatic heterocycles. The molecule has 0 fully saturated rings. The number of aromatic nitrogens is 1. The van der Waals surface area contributed by atoms with E-state index in [1.807, 2.05) is 26.0 Å². The number of carbonyl (C=O) groups excluding carboxylic acids is 1. The Morgan fingerprint density at radius 1 is 1.21 bits per heavy atom. The molecule has 1 amide bonds. The monoisotopic (exact) mass is 274 g/mol. The molecule has 19 heavy (non-hydrogen) atoms. The molecule has 0 spiro atoms. The lowest BCUT2D eigenvalue weighted by Crippen LogP contribution is -2.38. The first-order chi connectivity index (χ1) is 8.91. The Kier molecular flexibility index (Phi) is 3.48. The molecule has 1 aromatic rings. The Hall–Kier alpha value is -2.01. The summed E-state index contributed by atoms with van der Waals surface area (Å²) in [7, 11) is 0. The molecule has 0 atom stereocenters. The summed E-state index contributed by atoms with van der Waals surface area (Å²) >= 11 is 5.22. The Morgan fingerprint density at radius 2 is 1.95 bits per heavy atom. The average Bonchev–Trinajstić information content (AvgIpc) is 2.49. The Balaban J connectivity index is 2.40. The van der Waals surface area contributed by atoms with Gasteiger partial charge in [-0.2, -0.15) is 0 Å². The lowest BCUT2D eigenvalue weighted by Gasteiger charge is -2.18. The van der Waals surface area contributed by atoms with Gasteiger partial charge in [0.1, 0.15) is 0 Å². The molecule has 1 aliphatic heterocycles. The number of amides is 1. The highest BCUT2D eigenvalue weighted by Gasteiger charge is 2.21. The van der Waals surface area contributed by atoms with Crippen LogP contribution in [-0.2, 0) is 4.79 Å². The van der Waals surface area contributed by atoms with E-state index < -0.39 is 0 Å². The van der Waals surface area contributed by atoms with Gasteiger partial charge in [0.15, 0.2) is 5.11 Å². The van der Waals surface area contributed by atoms with Gasteiger partial charge in [0.05, 0.1) is 0 Å². The molecule has 0 aromatic carbocycles. The van der Waals surface area contributed by atoms with Crippen molar-refractivity contribution in [2.24, 2.45) is 5.41 Å². The highest BCUT2D eigenvalue weighted by atomic mass is 32.1. The van der Waals surface area contributed by atoms with Gasteiger partial charge in [-0.1, -0.05) is 32.1 Å².